The van der Waals surface area contributed by atoms with Gasteiger partial charge in [-0.1, -0.05) is 38.5 Å². The topological polar surface area (TPSA) is 26.3 Å². The van der Waals surface area contributed by atoms with Crippen molar-refractivity contribution in [3.8, 4) is 5.75 Å². The van der Waals surface area contributed by atoms with E-state index in [1.165, 1.54) is 0 Å². The van der Waals surface area contributed by atoms with Gasteiger partial charge in [0.2, 0.25) is 0 Å². The highest BCUT2D eigenvalue weighted by molar-refractivity contribution is 6.02. The maximum atomic E-state index is 12.8. The van der Waals surface area contributed by atoms with Crippen molar-refractivity contribution in [2.24, 2.45) is 11.3 Å². The van der Waals surface area contributed by atoms with Crippen molar-refractivity contribution in [2.75, 3.05) is 7.11 Å². The second-order valence-electron chi connectivity index (χ2n) is 6.73. The molecule has 0 radical (unpaired) electrons. The van der Waals surface area contributed by atoms with E-state index in [0.717, 1.165) is 41.3 Å². The smallest absolute Gasteiger partial charge is 0.166 e. The van der Waals surface area contributed by atoms with Crippen LogP contribution in [0.4, 0.5) is 0 Å². The molecule has 3 rings (SSSR count). The van der Waals surface area contributed by atoms with Gasteiger partial charge in [0.15, 0.2) is 5.78 Å². The molecule has 21 heavy (non-hydrogen) atoms. The Balaban J connectivity index is 1.96. The normalized spacial score (nSPS) is 20.6. The van der Waals surface area contributed by atoms with Crippen LogP contribution in [0.15, 0.2) is 36.4 Å². The Bertz CT molecular complexity index is 685. The van der Waals surface area contributed by atoms with Crippen LogP contribution in [0.2, 0.25) is 0 Å². The van der Waals surface area contributed by atoms with Crippen LogP contribution in [-0.4, -0.2) is 12.9 Å². The number of ketones is 1. The summed E-state index contributed by atoms with van der Waals surface area (Å²) < 4.78 is 5.24. The molecule has 110 valence electrons. The zero-order valence-electron chi connectivity index (χ0n) is 13.0. The predicted molar refractivity (Wildman–Crippen MR) is 86.0 cm³/mol. The van der Waals surface area contributed by atoms with Crippen LogP contribution in [0.25, 0.3) is 10.8 Å². The van der Waals surface area contributed by atoms with E-state index in [1.807, 2.05) is 36.4 Å². The van der Waals surface area contributed by atoms with Gasteiger partial charge < -0.3 is 4.74 Å². The van der Waals surface area contributed by atoms with Gasteiger partial charge in [0.05, 0.1) is 7.11 Å². The molecule has 0 bridgehead atoms. The summed E-state index contributed by atoms with van der Waals surface area (Å²) in [6.45, 7) is 4.43. The molecule has 0 heterocycles. The highest BCUT2D eigenvalue weighted by atomic mass is 16.5. The van der Waals surface area contributed by atoms with E-state index in [2.05, 4.69) is 13.8 Å². The molecule has 0 spiro atoms. The number of carbonyl (C=O) groups excluding carboxylic acids is 1. The molecule has 1 saturated carbocycles. The van der Waals surface area contributed by atoms with Crippen molar-refractivity contribution < 1.29 is 9.53 Å². The van der Waals surface area contributed by atoms with E-state index in [0.29, 0.717) is 5.78 Å². The molecule has 0 aliphatic heterocycles. The lowest BCUT2D eigenvalue weighted by atomic mass is 9.77. The Morgan fingerprint density at radius 3 is 2.52 bits per heavy atom. The Kier molecular flexibility index (Phi) is 3.48. The highest BCUT2D eigenvalue weighted by Crippen LogP contribution is 2.44. The number of fused-ring (bicyclic) bond motifs is 1. The van der Waals surface area contributed by atoms with Crippen LogP contribution in [0.5, 0.6) is 5.75 Å². The minimum absolute atomic E-state index is 0.131. The SMILES string of the molecule is COc1ccc2cc(C(=O)C3CCCC3(C)C)ccc2c1. The van der Waals surface area contributed by atoms with Gasteiger partial charge >= 0.3 is 0 Å². The maximum absolute atomic E-state index is 12.8. The monoisotopic (exact) mass is 282 g/mol. The summed E-state index contributed by atoms with van der Waals surface area (Å²) in [6.07, 6.45) is 3.33. The van der Waals surface area contributed by atoms with Gasteiger partial charge in [0.25, 0.3) is 0 Å². The molecular formula is C19H22O2. The third-order valence-corrected chi connectivity index (χ3v) is 4.91. The number of hydrogen-bond acceptors (Lipinski definition) is 2. The van der Waals surface area contributed by atoms with E-state index < -0.39 is 0 Å². The van der Waals surface area contributed by atoms with Crippen molar-refractivity contribution in [3.63, 3.8) is 0 Å². The van der Waals surface area contributed by atoms with Crippen LogP contribution in [0.1, 0.15) is 43.5 Å². The minimum atomic E-state index is 0.131. The lowest BCUT2D eigenvalue weighted by Crippen LogP contribution is -2.25. The van der Waals surface area contributed by atoms with Gasteiger partial charge in [-0.3, -0.25) is 4.79 Å². The zero-order valence-corrected chi connectivity index (χ0v) is 13.0. The summed E-state index contributed by atoms with van der Waals surface area (Å²) >= 11 is 0. The van der Waals surface area contributed by atoms with E-state index in [1.54, 1.807) is 7.11 Å². The average Bonchev–Trinajstić information content (AvgIpc) is 2.84. The fourth-order valence-corrected chi connectivity index (χ4v) is 3.52. The Hall–Kier alpha value is -1.83. The number of benzene rings is 2. The first kappa shape index (κ1) is 14.1. The summed E-state index contributed by atoms with van der Waals surface area (Å²) in [5.41, 5.74) is 0.971. The van der Waals surface area contributed by atoms with E-state index >= 15 is 0 Å². The quantitative estimate of drug-likeness (QED) is 0.752. The molecule has 0 saturated heterocycles. The fourth-order valence-electron chi connectivity index (χ4n) is 3.52. The molecule has 2 heteroatoms. The third-order valence-electron chi connectivity index (χ3n) is 4.91. The largest absolute Gasteiger partial charge is 0.497 e. The summed E-state index contributed by atoms with van der Waals surface area (Å²) in [7, 11) is 1.67. The molecule has 2 aromatic carbocycles. The van der Waals surface area contributed by atoms with Crippen LogP contribution in [0.3, 0.4) is 0 Å². The lowest BCUT2D eigenvalue weighted by Gasteiger charge is -2.25. The minimum Gasteiger partial charge on any atom is -0.497 e. The average molecular weight is 282 g/mol. The standard InChI is InChI=1S/C19H22O2/c1-19(2)10-4-5-17(19)18(20)15-7-6-14-12-16(21-3)9-8-13(14)11-15/h6-9,11-12,17H,4-5,10H2,1-3H3. The van der Waals surface area contributed by atoms with Crippen LogP contribution in [0, 0.1) is 11.3 Å². The number of ether oxygens (including phenoxy) is 1. The summed E-state index contributed by atoms with van der Waals surface area (Å²) in [5.74, 6) is 1.31. The molecule has 0 amide bonds. The van der Waals surface area contributed by atoms with Crippen LogP contribution in [-0.2, 0) is 0 Å². The maximum Gasteiger partial charge on any atom is 0.166 e. The fraction of sp³-hybridized carbons (Fsp3) is 0.421. The van der Waals surface area contributed by atoms with Crippen LogP contribution >= 0.6 is 0 Å². The van der Waals surface area contributed by atoms with Gasteiger partial charge in [0.1, 0.15) is 5.75 Å². The van der Waals surface area contributed by atoms with Crippen molar-refractivity contribution in [1.29, 1.82) is 0 Å². The second kappa shape index (κ2) is 5.18. The number of hydrogen-bond donors (Lipinski definition) is 0. The van der Waals surface area contributed by atoms with Crippen molar-refractivity contribution in [3.05, 3.63) is 42.0 Å². The Labute approximate surface area is 126 Å². The lowest BCUT2D eigenvalue weighted by molar-refractivity contribution is 0.0839. The van der Waals surface area contributed by atoms with Gasteiger partial charge in [-0.15, -0.1) is 0 Å². The van der Waals surface area contributed by atoms with Crippen molar-refractivity contribution in [2.45, 2.75) is 33.1 Å². The first-order valence-corrected chi connectivity index (χ1v) is 7.63. The van der Waals surface area contributed by atoms with Gasteiger partial charge in [0, 0.05) is 11.5 Å². The Morgan fingerprint density at radius 2 is 1.86 bits per heavy atom. The molecule has 2 nitrogen and oxygen atoms in total. The van der Waals surface area contributed by atoms with Gasteiger partial charge in [-0.2, -0.15) is 0 Å². The second-order valence-corrected chi connectivity index (χ2v) is 6.73. The van der Waals surface area contributed by atoms with Crippen molar-refractivity contribution in [1.82, 2.24) is 0 Å². The number of rotatable bonds is 3. The number of Topliss-reactive ketones (excluding diaryl/α,β-unsaturated/α-hetero) is 1. The molecule has 1 unspecified atom stereocenters. The van der Waals surface area contributed by atoms with Gasteiger partial charge in [-0.05, 0) is 47.2 Å². The molecule has 0 N–H and O–H groups in total. The van der Waals surface area contributed by atoms with E-state index in [-0.39, 0.29) is 11.3 Å². The first-order valence-electron chi connectivity index (χ1n) is 7.63. The summed E-state index contributed by atoms with van der Waals surface area (Å²) in [4.78, 5) is 12.8. The first-order chi connectivity index (χ1) is 10.0. The highest BCUT2D eigenvalue weighted by Gasteiger charge is 2.39. The van der Waals surface area contributed by atoms with E-state index in [9.17, 15) is 4.79 Å². The molecule has 1 aliphatic rings. The summed E-state index contributed by atoms with van der Waals surface area (Å²) in [5, 5.41) is 2.20. The molecule has 2 aromatic rings. The third kappa shape index (κ3) is 2.55. The molecule has 1 aliphatic carbocycles. The van der Waals surface area contributed by atoms with E-state index in [4.69, 9.17) is 4.74 Å². The molecule has 1 fully saturated rings. The summed E-state index contributed by atoms with van der Waals surface area (Å²) in [6, 6.07) is 12.0. The van der Waals surface area contributed by atoms with Crippen LogP contribution < -0.4 is 4.74 Å². The number of carbonyl (C=O) groups is 1. The predicted octanol–water partition coefficient (Wildman–Crippen LogP) is 4.86. The van der Waals surface area contributed by atoms with Crippen molar-refractivity contribution >= 4 is 16.6 Å². The molecule has 0 aromatic heterocycles. The van der Waals surface area contributed by atoms with Gasteiger partial charge in [-0.25, -0.2) is 0 Å². The molecular weight excluding hydrogens is 260 g/mol. The zero-order chi connectivity index (χ0) is 15.0. The number of methoxy groups -OCH3 is 1. The molecule has 1 atom stereocenters. The Morgan fingerprint density at radius 1 is 1.14 bits per heavy atom.